The molecule has 0 bridgehead atoms. The van der Waals surface area contributed by atoms with Crippen LogP contribution in [0.5, 0.6) is 0 Å². The molecule has 32 heavy (non-hydrogen) atoms. The van der Waals surface area contributed by atoms with Gasteiger partial charge >= 0.3 is 0 Å². The Morgan fingerprint density at radius 1 is 1.03 bits per heavy atom. The van der Waals surface area contributed by atoms with Gasteiger partial charge in [-0.1, -0.05) is 29.8 Å². The third kappa shape index (κ3) is 4.46. The van der Waals surface area contributed by atoms with Crippen molar-refractivity contribution in [1.82, 2.24) is 19.8 Å². The molecule has 0 saturated carbocycles. The van der Waals surface area contributed by atoms with Crippen molar-refractivity contribution in [2.45, 2.75) is 13.1 Å². The summed E-state index contributed by atoms with van der Waals surface area (Å²) >= 11 is 7.87. The number of hydrogen-bond donors (Lipinski definition) is 1. The maximum absolute atomic E-state index is 12.8. The van der Waals surface area contributed by atoms with E-state index in [0.29, 0.717) is 25.5 Å². The molecule has 0 radical (unpaired) electrons. The van der Waals surface area contributed by atoms with Gasteiger partial charge in [0.1, 0.15) is 12.1 Å². The maximum atomic E-state index is 12.8. The van der Waals surface area contributed by atoms with Gasteiger partial charge in [-0.15, -0.1) is 11.3 Å². The lowest BCUT2D eigenvalue weighted by molar-refractivity contribution is -0.136. The Bertz CT molecular complexity index is 1290. The van der Waals surface area contributed by atoms with E-state index in [1.807, 2.05) is 41.3 Å². The van der Waals surface area contributed by atoms with Crippen LogP contribution in [0.3, 0.4) is 0 Å². The first-order valence-electron chi connectivity index (χ1n) is 10.4. The molecule has 1 aliphatic rings. The third-order valence-corrected chi connectivity index (χ3v) is 7.01. The van der Waals surface area contributed by atoms with Crippen molar-refractivity contribution < 1.29 is 4.79 Å². The van der Waals surface area contributed by atoms with Gasteiger partial charge in [0.2, 0.25) is 5.91 Å². The minimum Gasteiger partial charge on any atom is -0.383 e. The summed E-state index contributed by atoms with van der Waals surface area (Å²) in [4.78, 5) is 27.7. The Balaban J connectivity index is 1.21. The van der Waals surface area contributed by atoms with E-state index in [-0.39, 0.29) is 5.91 Å². The number of hydrogen-bond acceptors (Lipinski definition) is 6. The van der Waals surface area contributed by atoms with Gasteiger partial charge < -0.3 is 10.6 Å². The van der Waals surface area contributed by atoms with Crippen LogP contribution in [0.2, 0.25) is 5.02 Å². The van der Waals surface area contributed by atoms with Crippen molar-refractivity contribution in [3.63, 3.8) is 0 Å². The average Bonchev–Trinajstić information content (AvgIpc) is 3.24. The summed E-state index contributed by atoms with van der Waals surface area (Å²) in [6.45, 7) is 3.32. The van der Waals surface area contributed by atoms with E-state index < -0.39 is 0 Å². The molecule has 0 aliphatic carbocycles. The molecule has 2 aromatic carbocycles. The second-order valence-electron chi connectivity index (χ2n) is 7.91. The van der Waals surface area contributed by atoms with E-state index >= 15 is 0 Å². The molecular formula is C24H22ClN5OS. The third-order valence-electron chi connectivity index (χ3n) is 5.65. The lowest BCUT2D eigenvalue weighted by atomic mass is 10.1. The molecule has 0 unspecified atom stereocenters. The van der Waals surface area contributed by atoms with Crippen LogP contribution in [0.15, 0.2) is 60.9 Å². The first kappa shape index (κ1) is 20.9. The predicted octanol–water partition coefficient (Wildman–Crippen LogP) is 4.44. The van der Waals surface area contributed by atoms with E-state index in [1.165, 1.54) is 16.1 Å². The standard InChI is InChI=1S/C24H22ClN5OS/c25-18-3-1-2-17(11-18)22-7-5-19(32-22)13-29-8-9-30(23(31)14-29)12-16-4-6-20-21(10-16)27-15-28-24(20)26/h1-7,10-11,15H,8-9,12-14H2,(H2,26,27,28). The highest BCUT2D eigenvalue weighted by Gasteiger charge is 2.24. The van der Waals surface area contributed by atoms with E-state index in [0.717, 1.165) is 40.1 Å². The Kier molecular flexibility index (Phi) is 5.78. The molecule has 6 nitrogen and oxygen atoms in total. The Morgan fingerprint density at radius 2 is 1.94 bits per heavy atom. The molecule has 1 amide bonds. The van der Waals surface area contributed by atoms with Crippen LogP contribution in [0.25, 0.3) is 21.3 Å². The zero-order valence-electron chi connectivity index (χ0n) is 17.4. The number of nitrogen functional groups attached to an aromatic ring is 1. The molecule has 0 atom stereocenters. The minimum atomic E-state index is 0.144. The number of piperazine rings is 1. The highest BCUT2D eigenvalue weighted by molar-refractivity contribution is 7.15. The van der Waals surface area contributed by atoms with Crippen LogP contribution < -0.4 is 5.73 Å². The number of benzene rings is 2. The number of thiophene rings is 1. The number of rotatable bonds is 5. The van der Waals surface area contributed by atoms with Gasteiger partial charge in [-0.05, 0) is 47.5 Å². The molecule has 1 saturated heterocycles. The molecule has 1 fully saturated rings. The summed E-state index contributed by atoms with van der Waals surface area (Å²) in [6.07, 6.45) is 1.47. The van der Waals surface area contributed by atoms with Crippen LogP contribution >= 0.6 is 22.9 Å². The number of carbonyl (C=O) groups is 1. The molecule has 162 valence electrons. The average molecular weight is 464 g/mol. The summed E-state index contributed by atoms with van der Waals surface area (Å²) < 4.78 is 0. The molecule has 8 heteroatoms. The summed E-state index contributed by atoms with van der Waals surface area (Å²) in [5, 5.41) is 1.57. The Labute approximate surface area is 195 Å². The van der Waals surface area contributed by atoms with E-state index in [1.54, 1.807) is 11.3 Å². The Hall–Kier alpha value is -3.00. The number of halogens is 1. The van der Waals surface area contributed by atoms with Crippen molar-refractivity contribution in [3.8, 4) is 10.4 Å². The van der Waals surface area contributed by atoms with Crippen molar-refractivity contribution >= 4 is 45.6 Å². The number of nitrogens with two attached hydrogens (primary N) is 1. The van der Waals surface area contributed by atoms with E-state index in [9.17, 15) is 4.79 Å². The second kappa shape index (κ2) is 8.86. The monoisotopic (exact) mass is 463 g/mol. The Morgan fingerprint density at radius 3 is 2.78 bits per heavy atom. The molecule has 2 N–H and O–H groups in total. The van der Waals surface area contributed by atoms with Crippen molar-refractivity contribution in [3.05, 3.63) is 76.4 Å². The maximum Gasteiger partial charge on any atom is 0.237 e. The molecule has 1 aliphatic heterocycles. The van der Waals surface area contributed by atoms with E-state index in [4.69, 9.17) is 17.3 Å². The SMILES string of the molecule is Nc1ncnc2cc(CN3CCN(Cc4ccc(-c5cccc(Cl)c5)s4)CC3=O)ccc12. The van der Waals surface area contributed by atoms with Crippen molar-refractivity contribution in [2.75, 3.05) is 25.4 Å². The topological polar surface area (TPSA) is 75.3 Å². The highest BCUT2D eigenvalue weighted by Crippen LogP contribution is 2.30. The molecule has 0 spiro atoms. The molecule has 5 rings (SSSR count). The van der Waals surface area contributed by atoms with Gasteiger partial charge in [-0.3, -0.25) is 9.69 Å². The zero-order chi connectivity index (χ0) is 22.1. The fourth-order valence-corrected chi connectivity index (χ4v) is 5.22. The lowest BCUT2D eigenvalue weighted by Crippen LogP contribution is -2.49. The van der Waals surface area contributed by atoms with Gasteiger partial charge in [-0.2, -0.15) is 0 Å². The smallest absolute Gasteiger partial charge is 0.237 e. The first-order valence-corrected chi connectivity index (χ1v) is 11.6. The minimum absolute atomic E-state index is 0.144. The van der Waals surface area contributed by atoms with Gasteiger partial charge in [0.25, 0.3) is 0 Å². The summed E-state index contributed by atoms with van der Waals surface area (Å²) in [7, 11) is 0. The first-order chi connectivity index (χ1) is 15.5. The quantitative estimate of drug-likeness (QED) is 0.473. The zero-order valence-corrected chi connectivity index (χ0v) is 18.9. The number of carbonyl (C=O) groups excluding carboxylic acids is 1. The van der Waals surface area contributed by atoms with Gasteiger partial charge in [-0.25, -0.2) is 9.97 Å². The summed E-state index contributed by atoms with van der Waals surface area (Å²) in [6, 6.07) is 18.1. The number of fused-ring (bicyclic) bond motifs is 1. The highest BCUT2D eigenvalue weighted by atomic mass is 35.5. The summed E-state index contributed by atoms with van der Waals surface area (Å²) in [5.41, 5.74) is 8.87. The molecule has 2 aromatic heterocycles. The van der Waals surface area contributed by atoms with Gasteiger partial charge in [0.05, 0.1) is 12.1 Å². The number of aromatic nitrogens is 2. The largest absolute Gasteiger partial charge is 0.383 e. The van der Waals surface area contributed by atoms with Crippen LogP contribution in [0, 0.1) is 0 Å². The van der Waals surface area contributed by atoms with Crippen LogP contribution in [0.1, 0.15) is 10.4 Å². The van der Waals surface area contributed by atoms with Crippen LogP contribution in [0.4, 0.5) is 5.82 Å². The number of anilines is 1. The molecule has 3 heterocycles. The van der Waals surface area contributed by atoms with Crippen molar-refractivity contribution in [1.29, 1.82) is 0 Å². The van der Waals surface area contributed by atoms with Gasteiger partial charge in [0.15, 0.2) is 0 Å². The normalized spacial score (nSPS) is 14.9. The van der Waals surface area contributed by atoms with Gasteiger partial charge in [0, 0.05) is 46.3 Å². The second-order valence-corrected chi connectivity index (χ2v) is 9.52. The number of amides is 1. The fraction of sp³-hybridized carbons (Fsp3) is 0.208. The lowest BCUT2D eigenvalue weighted by Gasteiger charge is -2.34. The van der Waals surface area contributed by atoms with Crippen LogP contribution in [-0.4, -0.2) is 45.3 Å². The van der Waals surface area contributed by atoms with Crippen LogP contribution in [-0.2, 0) is 17.9 Å². The number of nitrogens with zero attached hydrogens (tertiary/aromatic N) is 4. The fourth-order valence-electron chi connectivity index (χ4n) is 3.98. The summed E-state index contributed by atoms with van der Waals surface area (Å²) in [5.74, 6) is 0.614. The predicted molar refractivity (Wildman–Crippen MR) is 129 cm³/mol. The van der Waals surface area contributed by atoms with E-state index in [2.05, 4.69) is 33.1 Å². The molecule has 4 aromatic rings. The van der Waals surface area contributed by atoms with Crippen molar-refractivity contribution in [2.24, 2.45) is 0 Å². The molecular weight excluding hydrogens is 442 g/mol.